The second-order valence-electron chi connectivity index (χ2n) is 3.54. The molecule has 0 bridgehead atoms. The van der Waals surface area contributed by atoms with E-state index in [0.29, 0.717) is 12.8 Å². The van der Waals surface area contributed by atoms with E-state index in [1.54, 1.807) is 0 Å². The fraction of sp³-hybridized carbons (Fsp3) is 0.556. The molecular formula is C9H11NO8. The maximum atomic E-state index is 10.7. The van der Waals surface area contributed by atoms with E-state index < -0.39 is 28.7 Å². The van der Waals surface area contributed by atoms with Crippen LogP contribution in [0.15, 0.2) is 13.6 Å². The summed E-state index contributed by atoms with van der Waals surface area (Å²) in [7, 11) is 0. The standard InChI is InChI=1S/C9H11NO8/c1-5(18-10(14)15)3-2-4-6-7(8(11)12)17-9(13)16-6/h5H,2-4H2,1H3,(H,11,12)/t5-/m0/s1. The Kier molecular flexibility index (Phi) is 4.46. The van der Waals surface area contributed by atoms with Crippen LogP contribution in [0.2, 0.25) is 0 Å². The number of nitrogens with zero attached hydrogens (tertiary/aromatic N) is 1. The number of carboxylic acids is 1. The van der Waals surface area contributed by atoms with E-state index in [-0.39, 0.29) is 12.2 Å². The molecule has 0 aromatic carbocycles. The van der Waals surface area contributed by atoms with E-state index in [0.717, 1.165) is 0 Å². The zero-order valence-electron chi connectivity index (χ0n) is 9.45. The minimum absolute atomic E-state index is 0.0826. The number of rotatable bonds is 7. The van der Waals surface area contributed by atoms with Crippen molar-refractivity contribution >= 4 is 5.97 Å². The average molecular weight is 261 g/mol. The molecule has 0 saturated heterocycles. The molecule has 100 valence electrons. The van der Waals surface area contributed by atoms with Crippen molar-refractivity contribution in [3.63, 3.8) is 0 Å². The summed E-state index contributed by atoms with van der Waals surface area (Å²) in [5.41, 5.74) is 0. The molecule has 1 heterocycles. The average Bonchev–Trinajstić information content (AvgIpc) is 2.58. The molecule has 0 unspecified atom stereocenters. The molecule has 9 heteroatoms. The Balaban J connectivity index is 2.51. The third-order valence-electron chi connectivity index (χ3n) is 2.12. The molecule has 0 aliphatic carbocycles. The molecule has 18 heavy (non-hydrogen) atoms. The quantitative estimate of drug-likeness (QED) is 0.564. The van der Waals surface area contributed by atoms with Crippen LogP contribution in [0.25, 0.3) is 0 Å². The number of carbonyl (C=O) groups is 1. The first-order valence-electron chi connectivity index (χ1n) is 5.07. The summed E-state index contributed by atoms with van der Waals surface area (Å²) in [5, 5.41) is 17.8. The van der Waals surface area contributed by atoms with E-state index in [1.165, 1.54) is 6.92 Å². The van der Waals surface area contributed by atoms with Crippen molar-refractivity contribution in [2.45, 2.75) is 32.3 Å². The molecule has 1 aromatic rings. The molecule has 0 spiro atoms. The number of carboxylic acid groups (broad SMARTS) is 1. The lowest BCUT2D eigenvalue weighted by Crippen LogP contribution is -2.13. The lowest BCUT2D eigenvalue weighted by atomic mass is 10.1. The summed E-state index contributed by atoms with van der Waals surface area (Å²) in [5.74, 6) is -3.11. The van der Waals surface area contributed by atoms with Gasteiger partial charge in [-0.05, 0) is 19.8 Å². The van der Waals surface area contributed by atoms with E-state index in [1.807, 2.05) is 0 Å². The summed E-state index contributed by atoms with van der Waals surface area (Å²) in [4.78, 5) is 35.7. The first-order valence-corrected chi connectivity index (χ1v) is 5.07. The van der Waals surface area contributed by atoms with Crippen molar-refractivity contribution in [3.8, 4) is 0 Å². The van der Waals surface area contributed by atoms with Crippen molar-refractivity contribution in [2.75, 3.05) is 0 Å². The molecule has 0 saturated carbocycles. The first-order chi connectivity index (χ1) is 8.40. The van der Waals surface area contributed by atoms with Gasteiger partial charge in [0.25, 0.3) is 10.8 Å². The Hall–Kier alpha value is -2.32. The number of hydrogen-bond acceptors (Lipinski definition) is 7. The lowest BCUT2D eigenvalue weighted by Gasteiger charge is -2.07. The molecule has 1 aromatic heterocycles. The maximum Gasteiger partial charge on any atom is 0.519 e. The van der Waals surface area contributed by atoms with E-state index in [4.69, 9.17) is 5.11 Å². The van der Waals surface area contributed by atoms with Gasteiger partial charge in [-0.25, -0.2) is 9.59 Å². The van der Waals surface area contributed by atoms with Crippen LogP contribution in [0, 0.1) is 10.1 Å². The Labute approximate surface area is 100 Å². The zero-order valence-corrected chi connectivity index (χ0v) is 9.45. The van der Waals surface area contributed by atoms with Crippen LogP contribution < -0.4 is 5.82 Å². The molecule has 0 radical (unpaired) electrons. The Morgan fingerprint density at radius 1 is 1.56 bits per heavy atom. The molecule has 9 nitrogen and oxygen atoms in total. The minimum Gasteiger partial charge on any atom is -0.475 e. The highest BCUT2D eigenvalue weighted by Gasteiger charge is 2.19. The zero-order chi connectivity index (χ0) is 13.7. The van der Waals surface area contributed by atoms with E-state index >= 15 is 0 Å². The van der Waals surface area contributed by atoms with Crippen LogP contribution in [-0.2, 0) is 11.3 Å². The molecule has 1 atom stereocenters. The Morgan fingerprint density at radius 3 is 2.78 bits per heavy atom. The van der Waals surface area contributed by atoms with Crippen molar-refractivity contribution in [3.05, 3.63) is 32.3 Å². The van der Waals surface area contributed by atoms with Gasteiger partial charge in [0, 0.05) is 6.42 Å². The van der Waals surface area contributed by atoms with Crippen LogP contribution in [0.3, 0.4) is 0 Å². The van der Waals surface area contributed by atoms with Gasteiger partial charge in [0.05, 0.1) is 0 Å². The topological polar surface area (TPSA) is 133 Å². The van der Waals surface area contributed by atoms with E-state index in [2.05, 4.69) is 13.7 Å². The third kappa shape index (κ3) is 3.92. The fourth-order valence-electron chi connectivity index (χ4n) is 1.39. The van der Waals surface area contributed by atoms with Gasteiger partial charge in [0.2, 0.25) is 0 Å². The van der Waals surface area contributed by atoms with Crippen molar-refractivity contribution in [1.82, 2.24) is 0 Å². The lowest BCUT2D eigenvalue weighted by molar-refractivity contribution is -0.767. The normalized spacial score (nSPS) is 12.1. The third-order valence-corrected chi connectivity index (χ3v) is 2.12. The predicted molar refractivity (Wildman–Crippen MR) is 54.7 cm³/mol. The summed E-state index contributed by atoms with van der Waals surface area (Å²) in [6, 6.07) is 0. The van der Waals surface area contributed by atoms with Crippen molar-refractivity contribution < 1.29 is 28.7 Å². The van der Waals surface area contributed by atoms with Gasteiger partial charge >= 0.3 is 11.8 Å². The van der Waals surface area contributed by atoms with E-state index in [9.17, 15) is 19.7 Å². The monoisotopic (exact) mass is 261 g/mol. The van der Waals surface area contributed by atoms with Crippen LogP contribution in [0.4, 0.5) is 0 Å². The van der Waals surface area contributed by atoms with Crippen LogP contribution in [0.5, 0.6) is 0 Å². The molecule has 1 rings (SSSR count). The molecule has 0 fully saturated rings. The molecule has 0 aliphatic rings. The van der Waals surface area contributed by atoms with Gasteiger partial charge < -0.3 is 18.8 Å². The highest BCUT2D eigenvalue weighted by atomic mass is 17.0. The highest BCUT2D eigenvalue weighted by molar-refractivity contribution is 5.85. The minimum atomic E-state index is -1.40. The number of hydrogen-bond donors (Lipinski definition) is 1. The SMILES string of the molecule is C[C@@H](CCCc1oc(=O)oc1C(=O)O)O[N+](=O)[O-]. The molecule has 1 N–H and O–H groups in total. The van der Waals surface area contributed by atoms with Gasteiger partial charge in [-0.2, -0.15) is 0 Å². The largest absolute Gasteiger partial charge is 0.519 e. The molecular weight excluding hydrogens is 250 g/mol. The fourth-order valence-corrected chi connectivity index (χ4v) is 1.39. The second kappa shape index (κ2) is 5.84. The summed E-state index contributed by atoms with van der Waals surface area (Å²) in [6.45, 7) is 1.51. The van der Waals surface area contributed by atoms with Gasteiger partial charge in [0.1, 0.15) is 6.10 Å². The summed E-state index contributed by atoms with van der Waals surface area (Å²) < 4.78 is 8.90. The highest BCUT2D eigenvalue weighted by Crippen LogP contribution is 2.12. The van der Waals surface area contributed by atoms with Gasteiger partial charge in [-0.3, -0.25) is 0 Å². The Bertz CT molecular complexity index is 487. The molecule has 0 amide bonds. The summed E-state index contributed by atoms with van der Waals surface area (Å²) in [6.07, 6.45) is 0.178. The molecule has 0 aliphatic heterocycles. The van der Waals surface area contributed by atoms with Gasteiger partial charge in [0.15, 0.2) is 5.76 Å². The van der Waals surface area contributed by atoms with Crippen LogP contribution >= 0.6 is 0 Å². The summed E-state index contributed by atoms with van der Waals surface area (Å²) >= 11 is 0. The second-order valence-corrected chi connectivity index (χ2v) is 3.54. The Morgan fingerprint density at radius 2 is 2.22 bits per heavy atom. The number of aryl methyl sites for hydroxylation is 1. The maximum absolute atomic E-state index is 10.7. The van der Waals surface area contributed by atoms with Crippen molar-refractivity contribution in [1.29, 1.82) is 0 Å². The predicted octanol–water partition coefficient (Wildman–Crippen LogP) is 0.850. The van der Waals surface area contributed by atoms with Gasteiger partial charge in [-0.15, -0.1) is 10.1 Å². The van der Waals surface area contributed by atoms with Crippen molar-refractivity contribution in [2.24, 2.45) is 0 Å². The van der Waals surface area contributed by atoms with Crippen LogP contribution in [0.1, 0.15) is 36.1 Å². The number of aromatic carboxylic acids is 1. The van der Waals surface area contributed by atoms with Gasteiger partial charge in [-0.1, -0.05) is 0 Å². The smallest absolute Gasteiger partial charge is 0.475 e. The first kappa shape index (κ1) is 13.7. The van der Waals surface area contributed by atoms with Crippen LogP contribution in [-0.4, -0.2) is 22.3 Å².